The van der Waals surface area contributed by atoms with Gasteiger partial charge >= 0.3 is 5.97 Å². The minimum atomic E-state index is -0.902. The zero-order valence-corrected chi connectivity index (χ0v) is 25.4. The summed E-state index contributed by atoms with van der Waals surface area (Å²) in [6.45, 7) is 10.6. The first-order valence-electron chi connectivity index (χ1n) is 15.9. The predicted octanol–water partition coefficient (Wildman–Crippen LogP) is 4.27. The molecule has 0 aromatic rings. The number of amides is 2. The number of nitrogens with one attached hydrogen (secondary N) is 1. The smallest absolute Gasteiger partial charge is 0.329 e. The van der Waals surface area contributed by atoms with Crippen LogP contribution in [0.4, 0.5) is 0 Å². The fourth-order valence-corrected chi connectivity index (χ4v) is 9.59. The second kappa shape index (κ2) is 12.1. The molecule has 0 radical (unpaired) electrons. The van der Waals surface area contributed by atoms with Crippen LogP contribution in [0.3, 0.4) is 0 Å². The summed E-state index contributed by atoms with van der Waals surface area (Å²) < 4.78 is 6.11. The number of esters is 1. The molecule has 11 atom stereocenters. The molecule has 4 fully saturated rings. The molecule has 0 bridgehead atoms. The van der Waals surface area contributed by atoms with Crippen LogP contribution in [0, 0.1) is 46.3 Å². The highest BCUT2D eigenvalue weighted by Crippen LogP contribution is 2.67. The lowest BCUT2D eigenvalue weighted by Gasteiger charge is -2.61. The standard InChI is InChI=1S/C32H53N3O5/c1-6-18(2)28(35-29(38)26(33)11-12-27(34)37)30(39)40-21-13-15-31(4)20(17-21)7-8-22-24-10-9-23(19(3)36)32(24,5)16-14-25(22)31/h18,20-26,28H,6-17,33H2,1-5H3,(H2,34,37)(H,35,38)/t18?,20-,21+,22-,23+,24-,25-,26-,28-,31-,32+/m0/s1. The van der Waals surface area contributed by atoms with E-state index in [-0.39, 0.29) is 47.6 Å². The van der Waals surface area contributed by atoms with E-state index in [1.165, 1.54) is 19.3 Å². The van der Waals surface area contributed by atoms with Gasteiger partial charge in [-0.15, -0.1) is 0 Å². The van der Waals surface area contributed by atoms with E-state index < -0.39 is 23.9 Å². The third-order valence-corrected chi connectivity index (χ3v) is 12.2. The molecule has 226 valence electrons. The highest BCUT2D eigenvalue weighted by atomic mass is 16.5. The quantitative estimate of drug-likeness (QED) is 0.341. The van der Waals surface area contributed by atoms with Gasteiger partial charge in [0.25, 0.3) is 0 Å². The number of primary amides is 1. The van der Waals surface area contributed by atoms with E-state index in [1.54, 1.807) is 6.92 Å². The van der Waals surface area contributed by atoms with Crippen molar-refractivity contribution in [2.24, 2.45) is 57.8 Å². The van der Waals surface area contributed by atoms with Crippen molar-refractivity contribution < 1.29 is 23.9 Å². The Labute approximate surface area is 240 Å². The summed E-state index contributed by atoms with van der Waals surface area (Å²) in [5, 5.41) is 2.80. The molecular weight excluding hydrogens is 506 g/mol. The average Bonchev–Trinajstić information content (AvgIpc) is 3.27. The first kappa shape index (κ1) is 31.0. The third kappa shape index (κ3) is 5.84. The van der Waals surface area contributed by atoms with Gasteiger partial charge in [-0.2, -0.15) is 0 Å². The van der Waals surface area contributed by atoms with E-state index >= 15 is 0 Å². The van der Waals surface area contributed by atoms with Gasteiger partial charge in [0.1, 0.15) is 17.9 Å². The summed E-state index contributed by atoms with van der Waals surface area (Å²) in [6, 6.07) is -1.67. The summed E-state index contributed by atoms with van der Waals surface area (Å²) >= 11 is 0. The number of carbonyl (C=O) groups excluding carboxylic acids is 4. The van der Waals surface area contributed by atoms with Crippen molar-refractivity contribution in [2.75, 3.05) is 0 Å². The molecule has 5 N–H and O–H groups in total. The zero-order chi connectivity index (χ0) is 29.4. The maximum atomic E-state index is 13.4. The summed E-state index contributed by atoms with van der Waals surface area (Å²) in [7, 11) is 0. The van der Waals surface area contributed by atoms with Gasteiger partial charge in [0, 0.05) is 12.3 Å². The Morgan fingerprint density at radius 2 is 1.65 bits per heavy atom. The predicted molar refractivity (Wildman–Crippen MR) is 154 cm³/mol. The van der Waals surface area contributed by atoms with E-state index in [0.717, 1.165) is 38.5 Å². The van der Waals surface area contributed by atoms with E-state index in [2.05, 4.69) is 19.2 Å². The Bertz CT molecular complexity index is 986. The highest BCUT2D eigenvalue weighted by molar-refractivity contribution is 5.88. The number of hydrogen-bond donors (Lipinski definition) is 3. The normalized spacial score (nSPS) is 39.0. The summed E-state index contributed by atoms with van der Waals surface area (Å²) in [5.74, 6) is 1.71. The molecular formula is C32H53N3O5. The van der Waals surface area contributed by atoms with Gasteiger partial charge < -0.3 is 21.5 Å². The summed E-state index contributed by atoms with van der Waals surface area (Å²) in [6.07, 6.45) is 10.5. The van der Waals surface area contributed by atoms with Gasteiger partial charge in [0.05, 0.1) is 6.04 Å². The highest BCUT2D eigenvalue weighted by Gasteiger charge is 2.61. The van der Waals surface area contributed by atoms with Crippen LogP contribution in [0.2, 0.25) is 0 Å². The first-order valence-corrected chi connectivity index (χ1v) is 15.9. The number of ether oxygens (including phenoxy) is 1. The number of carbonyl (C=O) groups is 4. The lowest BCUT2D eigenvalue weighted by Crippen LogP contribution is -2.55. The van der Waals surface area contributed by atoms with Crippen LogP contribution in [-0.4, -0.2) is 41.8 Å². The Morgan fingerprint density at radius 1 is 0.975 bits per heavy atom. The number of ketones is 1. The summed E-state index contributed by atoms with van der Waals surface area (Å²) in [4.78, 5) is 49.6. The monoisotopic (exact) mass is 559 g/mol. The van der Waals surface area contributed by atoms with E-state index in [1.807, 2.05) is 13.8 Å². The Morgan fingerprint density at radius 3 is 2.30 bits per heavy atom. The fourth-order valence-electron chi connectivity index (χ4n) is 9.59. The van der Waals surface area contributed by atoms with Crippen molar-refractivity contribution in [1.82, 2.24) is 5.32 Å². The lowest BCUT2D eigenvalue weighted by atomic mass is 9.44. The van der Waals surface area contributed by atoms with Crippen LogP contribution >= 0.6 is 0 Å². The molecule has 0 saturated heterocycles. The minimum Gasteiger partial charge on any atom is -0.461 e. The largest absolute Gasteiger partial charge is 0.461 e. The maximum absolute atomic E-state index is 13.4. The number of nitrogens with two attached hydrogens (primary N) is 2. The molecule has 2 amide bonds. The second-order valence-corrected chi connectivity index (χ2v) is 14.3. The van der Waals surface area contributed by atoms with Crippen molar-refractivity contribution in [3.63, 3.8) is 0 Å². The zero-order valence-electron chi connectivity index (χ0n) is 25.4. The van der Waals surface area contributed by atoms with Crippen molar-refractivity contribution >= 4 is 23.6 Å². The van der Waals surface area contributed by atoms with Crippen molar-refractivity contribution in [1.29, 1.82) is 0 Å². The first-order chi connectivity index (χ1) is 18.8. The van der Waals surface area contributed by atoms with Crippen LogP contribution < -0.4 is 16.8 Å². The van der Waals surface area contributed by atoms with Gasteiger partial charge in [-0.25, -0.2) is 4.79 Å². The van der Waals surface area contributed by atoms with Gasteiger partial charge in [-0.3, -0.25) is 14.4 Å². The molecule has 0 aromatic heterocycles. The van der Waals surface area contributed by atoms with E-state index in [0.29, 0.717) is 35.9 Å². The van der Waals surface area contributed by atoms with Crippen LogP contribution in [-0.2, 0) is 23.9 Å². The SMILES string of the molecule is CCC(C)[C@H](NC(=O)[C@@H](N)CCC(N)=O)C(=O)O[C@@H]1CC[C@@]2(C)[C@@H](CC[C@@H]3[C@@H]2CC[C@]2(C)[C@@H](C(C)=O)CC[C@@H]32)C1. The molecule has 4 saturated carbocycles. The number of rotatable bonds is 10. The molecule has 0 aliphatic heterocycles. The molecule has 4 rings (SSSR count). The Balaban J connectivity index is 1.38. The topological polar surface area (TPSA) is 142 Å². The number of fused-ring (bicyclic) bond motifs is 5. The Hall–Kier alpha value is -1.96. The van der Waals surface area contributed by atoms with Crippen LogP contribution in [0.5, 0.6) is 0 Å². The molecule has 8 nitrogen and oxygen atoms in total. The van der Waals surface area contributed by atoms with Gasteiger partial charge in [-0.05, 0) is 112 Å². The third-order valence-electron chi connectivity index (χ3n) is 12.2. The van der Waals surface area contributed by atoms with Crippen LogP contribution in [0.1, 0.15) is 112 Å². The minimum absolute atomic E-state index is 0.0222. The van der Waals surface area contributed by atoms with Gasteiger partial charge in [0.2, 0.25) is 11.8 Å². The number of hydrogen-bond acceptors (Lipinski definition) is 6. The van der Waals surface area contributed by atoms with E-state index in [4.69, 9.17) is 16.2 Å². The lowest BCUT2D eigenvalue weighted by molar-refractivity contribution is -0.167. The molecule has 0 heterocycles. The van der Waals surface area contributed by atoms with Gasteiger partial charge in [-0.1, -0.05) is 34.1 Å². The average molecular weight is 560 g/mol. The second-order valence-electron chi connectivity index (χ2n) is 14.3. The van der Waals surface area contributed by atoms with E-state index in [9.17, 15) is 19.2 Å². The maximum Gasteiger partial charge on any atom is 0.329 e. The Kier molecular flexibility index (Phi) is 9.38. The molecule has 40 heavy (non-hydrogen) atoms. The molecule has 4 aliphatic carbocycles. The van der Waals surface area contributed by atoms with Crippen LogP contribution in [0.25, 0.3) is 0 Å². The van der Waals surface area contributed by atoms with Crippen molar-refractivity contribution in [3.8, 4) is 0 Å². The molecule has 0 spiro atoms. The molecule has 8 heteroatoms. The summed E-state index contributed by atoms with van der Waals surface area (Å²) in [5.41, 5.74) is 11.6. The fraction of sp³-hybridized carbons (Fsp3) is 0.875. The van der Waals surface area contributed by atoms with Crippen molar-refractivity contribution in [3.05, 3.63) is 0 Å². The number of Topliss-reactive ketones (excluding diaryl/α,β-unsaturated/α-hetero) is 1. The molecule has 0 aromatic carbocycles. The van der Waals surface area contributed by atoms with Crippen LogP contribution in [0.15, 0.2) is 0 Å². The molecule has 1 unspecified atom stereocenters. The molecule has 4 aliphatic rings. The van der Waals surface area contributed by atoms with Crippen molar-refractivity contribution in [2.45, 2.75) is 130 Å². The van der Waals surface area contributed by atoms with Gasteiger partial charge in [0.15, 0.2) is 0 Å².